The van der Waals surface area contributed by atoms with Crippen LogP contribution in [0.3, 0.4) is 0 Å². The Morgan fingerprint density at radius 3 is 2.28 bits per heavy atom. The molecule has 0 atom stereocenters. The first-order valence-corrected chi connectivity index (χ1v) is 6.78. The van der Waals surface area contributed by atoms with Crippen LogP contribution in [0.5, 0.6) is 0 Å². The molecule has 1 aromatic rings. The van der Waals surface area contributed by atoms with E-state index in [1.165, 1.54) is 5.56 Å². The Morgan fingerprint density at radius 1 is 1.06 bits per heavy atom. The van der Waals surface area contributed by atoms with Gasteiger partial charge in [-0.25, -0.2) is 4.39 Å². The van der Waals surface area contributed by atoms with Crippen LogP contribution in [0.25, 0.3) is 0 Å². The molecule has 0 unspecified atom stereocenters. The summed E-state index contributed by atoms with van der Waals surface area (Å²) in [4.78, 5) is 0. The first-order chi connectivity index (χ1) is 8.76. The first kappa shape index (κ1) is 12.1. The van der Waals surface area contributed by atoms with Crippen LogP contribution in [0.2, 0.25) is 0 Å². The molecule has 3 rings (SSSR count). The molecule has 2 nitrogen and oxygen atoms in total. The van der Waals surface area contributed by atoms with Crippen molar-refractivity contribution in [1.82, 2.24) is 0 Å². The fraction of sp³-hybridized carbons (Fsp3) is 0.600. The Balaban J connectivity index is 1.55. The monoisotopic (exact) mass is 250 g/mol. The van der Waals surface area contributed by atoms with E-state index in [2.05, 4.69) is 0 Å². The van der Waals surface area contributed by atoms with Crippen LogP contribution < -0.4 is 0 Å². The fourth-order valence-corrected chi connectivity index (χ4v) is 3.06. The molecule has 3 heteroatoms. The largest absolute Gasteiger partial charge is 0.348 e. The van der Waals surface area contributed by atoms with Crippen LogP contribution in [-0.2, 0) is 15.9 Å². The summed E-state index contributed by atoms with van der Waals surface area (Å²) in [7, 11) is 0. The first-order valence-electron chi connectivity index (χ1n) is 6.78. The van der Waals surface area contributed by atoms with Crippen molar-refractivity contribution >= 4 is 0 Å². The lowest BCUT2D eigenvalue weighted by Crippen LogP contribution is -2.35. The number of ether oxygens (including phenoxy) is 2. The third-order valence-corrected chi connectivity index (χ3v) is 4.12. The molecule has 2 aliphatic rings. The van der Waals surface area contributed by atoms with Gasteiger partial charge in [0.15, 0.2) is 5.79 Å². The summed E-state index contributed by atoms with van der Waals surface area (Å²) in [5.41, 5.74) is 1.23. The molecule has 0 radical (unpaired) electrons. The van der Waals surface area contributed by atoms with Gasteiger partial charge in [-0.15, -0.1) is 0 Å². The SMILES string of the molecule is Fc1ccc(CC2CCC3(CC2)OCCO3)cc1. The number of halogens is 1. The molecule has 1 saturated heterocycles. The minimum Gasteiger partial charge on any atom is -0.348 e. The van der Waals surface area contributed by atoms with E-state index in [4.69, 9.17) is 9.47 Å². The van der Waals surface area contributed by atoms with Crippen LogP contribution in [0.4, 0.5) is 4.39 Å². The third-order valence-electron chi connectivity index (χ3n) is 4.12. The van der Waals surface area contributed by atoms with Gasteiger partial charge in [-0.05, 0) is 42.9 Å². The van der Waals surface area contributed by atoms with Gasteiger partial charge in [-0.1, -0.05) is 12.1 Å². The smallest absolute Gasteiger partial charge is 0.168 e. The summed E-state index contributed by atoms with van der Waals surface area (Å²) in [6.45, 7) is 1.48. The van der Waals surface area contributed by atoms with Crippen molar-refractivity contribution in [2.75, 3.05) is 13.2 Å². The van der Waals surface area contributed by atoms with E-state index >= 15 is 0 Å². The molecule has 0 bridgehead atoms. The molecule has 1 spiro atoms. The Morgan fingerprint density at radius 2 is 1.67 bits per heavy atom. The summed E-state index contributed by atoms with van der Waals surface area (Å²) in [5.74, 6) is 0.252. The molecule has 0 amide bonds. The normalized spacial score (nSPS) is 23.6. The summed E-state index contributed by atoms with van der Waals surface area (Å²) < 4.78 is 24.3. The van der Waals surface area contributed by atoms with Gasteiger partial charge in [0.25, 0.3) is 0 Å². The van der Waals surface area contributed by atoms with Crippen molar-refractivity contribution in [2.24, 2.45) is 5.92 Å². The summed E-state index contributed by atoms with van der Waals surface area (Å²) in [5, 5.41) is 0. The van der Waals surface area contributed by atoms with Crippen LogP contribution in [0, 0.1) is 11.7 Å². The predicted octanol–water partition coefficient (Wildman–Crippen LogP) is 3.30. The lowest BCUT2D eigenvalue weighted by atomic mass is 9.81. The van der Waals surface area contributed by atoms with Crippen LogP contribution in [0.15, 0.2) is 24.3 Å². The summed E-state index contributed by atoms with van der Waals surface area (Å²) >= 11 is 0. The number of hydrogen-bond acceptors (Lipinski definition) is 2. The molecular weight excluding hydrogens is 231 g/mol. The van der Waals surface area contributed by atoms with Crippen LogP contribution in [-0.4, -0.2) is 19.0 Å². The van der Waals surface area contributed by atoms with Crippen LogP contribution in [0.1, 0.15) is 31.2 Å². The Kier molecular flexibility index (Phi) is 3.35. The number of rotatable bonds is 2. The second-order valence-corrected chi connectivity index (χ2v) is 5.38. The predicted molar refractivity (Wildman–Crippen MR) is 66.7 cm³/mol. The van der Waals surface area contributed by atoms with E-state index < -0.39 is 0 Å². The highest BCUT2D eigenvalue weighted by molar-refractivity contribution is 5.16. The average Bonchev–Trinajstić information content (AvgIpc) is 2.84. The Bertz CT molecular complexity index is 385. The summed E-state index contributed by atoms with van der Waals surface area (Å²) in [6, 6.07) is 6.87. The van der Waals surface area contributed by atoms with Crippen molar-refractivity contribution in [1.29, 1.82) is 0 Å². The minimum absolute atomic E-state index is 0.158. The second kappa shape index (κ2) is 4.98. The van der Waals surface area contributed by atoms with Gasteiger partial charge in [-0.3, -0.25) is 0 Å². The highest BCUT2D eigenvalue weighted by atomic mass is 19.1. The zero-order chi connectivity index (χ0) is 12.4. The van der Waals surface area contributed by atoms with Gasteiger partial charge in [-0.2, -0.15) is 0 Å². The molecular formula is C15H19FO2. The Hall–Kier alpha value is -0.930. The molecule has 0 N–H and O–H groups in total. The maximum atomic E-state index is 12.8. The maximum absolute atomic E-state index is 12.8. The molecule has 1 aliphatic carbocycles. The average molecular weight is 250 g/mol. The molecule has 98 valence electrons. The van der Waals surface area contributed by atoms with Crippen molar-refractivity contribution in [3.63, 3.8) is 0 Å². The molecule has 1 heterocycles. The fourth-order valence-electron chi connectivity index (χ4n) is 3.06. The van der Waals surface area contributed by atoms with E-state index in [1.807, 2.05) is 12.1 Å². The second-order valence-electron chi connectivity index (χ2n) is 5.38. The molecule has 1 saturated carbocycles. The minimum atomic E-state index is -0.265. The Labute approximate surface area is 107 Å². The highest BCUT2D eigenvalue weighted by Crippen LogP contribution is 2.39. The van der Waals surface area contributed by atoms with E-state index in [9.17, 15) is 4.39 Å². The summed E-state index contributed by atoms with van der Waals surface area (Å²) in [6.07, 6.45) is 5.31. The molecule has 2 fully saturated rings. The van der Waals surface area contributed by atoms with Crippen molar-refractivity contribution in [3.05, 3.63) is 35.6 Å². The standard InChI is InChI=1S/C15H19FO2/c16-14-3-1-12(2-4-14)11-13-5-7-15(8-6-13)17-9-10-18-15/h1-4,13H,5-11H2. The van der Waals surface area contributed by atoms with E-state index in [1.54, 1.807) is 12.1 Å². The highest BCUT2D eigenvalue weighted by Gasteiger charge is 2.40. The van der Waals surface area contributed by atoms with Gasteiger partial charge in [0.1, 0.15) is 5.82 Å². The van der Waals surface area contributed by atoms with Gasteiger partial charge >= 0.3 is 0 Å². The molecule has 1 aromatic carbocycles. The van der Waals surface area contributed by atoms with Gasteiger partial charge in [0, 0.05) is 12.8 Å². The van der Waals surface area contributed by atoms with Gasteiger partial charge < -0.3 is 9.47 Å². The van der Waals surface area contributed by atoms with Crippen molar-refractivity contribution in [2.45, 2.75) is 37.9 Å². The van der Waals surface area contributed by atoms with Crippen molar-refractivity contribution < 1.29 is 13.9 Å². The van der Waals surface area contributed by atoms with Crippen molar-refractivity contribution in [3.8, 4) is 0 Å². The molecule has 18 heavy (non-hydrogen) atoms. The van der Waals surface area contributed by atoms with E-state index in [0.29, 0.717) is 5.92 Å². The molecule has 0 aromatic heterocycles. The maximum Gasteiger partial charge on any atom is 0.168 e. The van der Waals surface area contributed by atoms with E-state index in [-0.39, 0.29) is 11.6 Å². The zero-order valence-electron chi connectivity index (χ0n) is 10.5. The van der Waals surface area contributed by atoms with E-state index in [0.717, 1.165) is 45.3 Å². The van der Waals surface area contributed by atoms with Gasteiger partial charge in [0.05, 0.1) is 13.2 Å². The lowest BCUT2D eigenvalue weighted by Gasteiger charge is -2.35. The number of hydrogen-bond donors (Lipinski definition) is 0. The van der Waals surface area contributed by atoms with Crippen LogP contribution >= 0.6 is 0 Å². The quantitative estimate of drug-likeness (QED) is 0.801. The third kappa shape index (κ3) is 2.57. The van der Waals surface area contributed by atoms with Gasteiger partial charge in [0.2, 0.25) is 0 Å². The number of benzene rings is 1. The zero-order valence-corrected chi connectivity index (χ0v) is 10.5. The topological polar surface area (TPSA) is 18.5 Å². The molecule has 1 aliphatic heterocycles. The lowest BCUT2D eigenvalue weighted by molar-refractivity contribution is -0.182.